The van der Waals surface area contributed by atoms with Gasteiger partial charge in [0.05, 0.1) is 12.0 Å². The number of methoxy groups -OCH3 is 1. The largest absolute Gasteiger partial charge is 0.493 e. The average molecular weight is 384 g/mol. The predicted molar refractivity (Wildman–Crippen MR) is 91.1 cm³/mol. The number of alkyl halides is 2. The molecule has 0 spiro atoms. The number of hydrogen-bond acceptors (Lipinski definition) is 5. The number of rotatable bonds is 7. The van der Waals surface area contributed by atoms with Gasteiger partial charge in [-0.2, -0.15) is 8.78 Å². The van der Waals surface area contributed by atoms with Gasteiger partial charge in [-0.3, -0.25) is 14.9 Å². The lowest BCUT2D eigenvalue weighted by molar-refractivity contribution is -0.384. The summed E-state index contributed by atoms with van der Waals surface area (Å²) >= 11 is 5.70. The molecule has 0 unspecified atom stereocenters. The van der Waals surface area contributed by atoms with Crippen molar-refractivity contribution in [3.05, 3.63) is 68.7 Å². The maximum absolute atomic E-state index is 12.4. The molecule has 0 aliphatic carbocycles. The van der Waals surface area contributed by atoms with Crippen LogP contribution in [0.15, 0.2) is 42.5 Å². The molecule has 0 saturated carbocycles. The molecule has 2 rings (SSSR count). The van der Waals surface area contributed by atoms with Gasteiger partial charge >= 0.3 is 6.61 Å². The van der Waals surface area contributed by atoms with Crippen LogP contribution in [0.3, 0.4) is 0 Å². The molecule has 0 amide bonds. The third-order valence-electron chi connectivity index (χ3n) is 3.26. The van der Waals surface area contributed by atoms with E-state index in [1.54, 1.807) is 0 Å². The van der Waals surface area contributed by atoms with E-state index < -0.39 is 17.3 Å². The number of ether oxygens (including phenoxy) is 2. The third kappa shape index (κ3) is 4.76. The van der Waals surface area contributed by atoms with Crippen molar-refractivity contribution in [1.29, 1.82) is 0 Å². The highest BCUT2D eigenvalue weighted by molar-refractivity contribution is 6.32. The molecule has 9 heteroatoms. The summed E-state index contributed by atoms with van der Waals surface area (Å²) in [5.41, 5.74) is 0.0798. The molecule has 2 aromatic rings. The average Bonchev–Trinajstić information content (AvgIpc) is 2.59. The normalized spacial score (nSPS) is 11.0. The highest BCUT2D eigenvalue weighted by atomic mass is 35.5. The maximum Gasteiger partial charge on any atom is 0.387 e. The van der Waals surface area contributed by atoms with Gasteiger partial charge in [0.25, 0.3) is 5.69 Å². The number of carbonyl (C=O) groups excluding carboxylic acids is 1. The SMILES string of the molecule is COc1ccc(/C=C/C(=O)c2ccc(Cl)c([N+](=O)[O-])c2)cc1OC(F)F. The highest BCUT2D eigenvalue weighted by Gasteiger charge is 2.15. The first kappa shape index (κ1) is 19.3. The van der Waals surface area contributed by atoms with Crippen molar-refractivity contribution in [2.24, 2.45) is 0 Å². The van der Waals surface area contributed by atoms with E-state index in [-0.39, 0.29) is 27.8 Å². The van der Waals surface area contributed by atoms with Crippen LogP contribution in [0, 0.1) is 10.1 Å². The zero-order valence-corrected chi connectivity index (χ0v) is 14.1. The van der Waals surface area contributed by atoms with Crippen molar-refractivity contribution in [2.45, 2.75) is 6.61 Å². The van der Waals surface area contributed by atoms with Gasteiger partial charge < -0.3 is 9.47 Å². The van der Waals surface area contributed by atoms with Gasteiger partial charge in [0, 0.05) is 11.6 Å². The minimum absolute atomic E-state index is 0.0647. The standard InChI is InChI=1S/C17H12ClF2NO5/c1-25-15-7-3-10(8-16(15)26-17(19)20)2-6-14(22)11-4-5-12(18)13(9-11)21(23)24/h2-9,17H,1H3/b6-2+. The van der Waals surface area contributed by atoms with Crippen LogP contribution in [0.4, 0.5) is 14.5 Å². The molecule has 6 nitrogen and oxygen atoms in total. The highest BCUT2D eigenvalue weighted by Crippen LogP contribution is 2.30. The topological polar surface area (TPSA) is 78.7 Å². The van der Waals surface area contributed by atoms with E-state index in [1.807, 2.05) is 0 Å². The summed E-state index contributed by atoms with van der Waals surface area (Å²) < 4.78 is 34.1. The summed E-state index contributed by atoms with van der Waals surface area (Å²) in [4.78, 5) is 22.3. The Balaban J connectivity index is 2.25. The van der Waals surface area contributed by atoms with Crippen molar-refractivity contribution in [2.75, 3.05) is 7.11 Å². The summed E-state index contributed by atoms with van der Waals surface area (Å²) in [6.07, 6.45) is 2.52. The van der Waals surface area contributed by atoms with Gasteiger partial charge in [-0.1, -0.05) is 23.7 Å². The Morgan fingerprint density at radius 1 is 1.23 bits per heavy atom. The fourth-order valence-electron chi connectivity index (χ4n) is 2.06. The Kier molecular flexibility index (Phi) is 6.24. The Morgan fingerprint density at radius 2 is 1.96 bits per heavy atom. The smallest absolute Gasteiger partial charge is 0.387 e. The van der Waals surface area contributed by atoms with E-state index in [0.717, 1.165) is 12.1 Å². The van der Waals surface area contributed by atoms with E-state index in [9.17, 15) is 23.7 Å². The molecular formula is C17H12ClF2NO5. The molecule has 2 aromatic carbocycles. The molecule has 0 bridgehead atoms. The molecular weight excluding hydrogens is 372 g/mol. The van der Waals surface area contributed by atoms with Crippen LogP contribution in [-0.2, 0) is 0 Å². The quantitative estimate of drug-likeness (QED) is 0.298. The molecule has 0 aromatic heterocycles. The van der Waals surface area contributed by atoms with Crippen molar-refractivity contribution in [1.82, 2.24) is 0 Å². The fourth-order valence-corrected chi connectivity index (χ4v) is 2.25. The van der Waals surface area contributed by atoms with Crippen molar-refractivity contribution in [3.63, 3.8) is 0 Å². The molecule has 0 heterocycles. The van der Waals surface area contributed by atoms with Crippen LogP contribution < -0.4 is 9.47 Å². The fraction of sp³-hybridized carbons (Fsp3) is 0.118. The van der Waals surface area contributed by atoms with Crippen LogP contribution in [-0.4, -0.2) is 24.4 Å². The summed E-state index contributed by atoms with van der Waals surface area (Å²) in [6.45, 7) is -3.03. The molecule has 0 fully saturated rings. The lowest BCUT2D eigenvalue weighted by atomic mass is 10.1. The second kappa shape index (κ2) is 8.39. The van der Waals surface area contributed by atoms with E-state index in [1.165, 1.54) is 43.5 Å². The monoisotopic (exact) mass is 383 g/mol. The Morgan fingerprint density at radius 3 is 2.58 bits per heavy atom. The van der Waals surface area contributed by atoms with E-state index >= 15 is 0 Å². The van der Waals surface area contributed by atoms with E-state index in [2.05, 4.69) is 4.74 Å². The minimum Gasteiger partial charge on any atom is -0.493 e. The van der Waals surface area contributed by atoms with Gasteiger partial charge in [-0.05, 0) is 35.9 Å². The molecule has 0 radical (unpaired) electrons. The van der Waals surface area contributed by atoms with Gasteiger partial charge in [-0.15, -0.1) is 0 Å². The summed E-state index contributed by atoms with van der Waals surface area (Å²) in [6, 6.07) is 7.89. The van der Waals surface area contributed by atoms with Gasteiger partial charge in [0.2, 0.25) is 0 Å². The number of allylic oxidation sites excluding steroid dienone is 1. The van der Waals surface area contributed by atoms with Crippen molar-refractivity contribution in [3.8, 4) is 11.5 Å². The molecule has 0 aliphatic heterocycles. The predicted octanol–water partition coefficient (Wildman–Crippen LogP) is 4.75. The van der Waals surface area contributed by atoms with Crippen LogP contribution in [0.25, 0.3) is 6.08 Å². The first-order chi connectivity index (χ1) is 12.3. The Bertz CT molecular complexity index is 870. The first-order valence-corrected chi connectivity index (χ1v) is 7.49. The number of halogens is 3. The van der Waals surface area contributed by atoms with Crippen LogP contribution in [0.5, 0.6) is 11.5 Å². The lowest BCUT2D eigenvalue weighted by Crippen LogP contribution is -2.03. The first-order valence-electron chi connectivity index (χ1n) is 7.11. The van der Waals surface area contributed by atoms with Crippen LogP contribution in [0.1, 0.15) is 15.9 Å². The zero-order chi connectivity index (χ0) is 19.3. The van der Waals surface area contributed by atoms with Gasteiger partial charge in [0.1, 0.15) is 5.02 Å². The van der Waals surface area contributed by atoms with Gasteiger partial charge in [-0.25, -0.2) is 0 Å². The Labute approximate surface area is 151 Å². The molecule has 0 saturated heterocycles. The van der Waals surface area contributed by atoms with Crippen molar-refractivity contribution < 1.29 is 28.0 Å². The molecule has 26 heavy (non-hydrogen) atoms. The second-order valence-corrected chi connectivity index (χ2v) is 5.32. The van der Waals surface area contributed by atoms with Crippen LogP contribution >= 0.6 is 11.6 Å². The van der Waals surface area contributed by atoms with E-state index in [4.69, 9.17) is 16.3 Å². The summed E-state index contributed by atoms with van der Waals surface area (Å²) in [5.74, 6) is -0.585. The number of hydrogen-bond donors (Lipinski definition) is 0. The number of nitrogens with zero attached hydrogens (tertiary/aromatic N) is 1. The van der Waals surface area contributed by atoms with Crippen molar-refractivity contribution >= 4 is 29.1 Å². The second-order valence-electron chi connectivity index (χ2n) is 4.91. The summed E-state index contributed by atoms with van der Waals surface area (Å²) in [7, 11) is 1.31. The van der Waals surface area contributed by atoms with Crippen LogP contribution in [0.2, 0.25) is 5.02 Å². The Hall–Kier alpha value is -3.00. The number of benzene rings is 2. The summed E-state index contributed by atoms with van der Waals surface area (Å²) in [5, 5.41) is 10.8. The van der Waals surface area contributed by atoms with E-state index in [0.29, 0.717) is 5.56 Å². The number of ketones is 1. The number of carbonyl (C=O) groups is 1. The third-order valence-corrected chi connectivity index (χ3v) is 3.58. The lowest BCUT2D eigenvalue weighted by Gasteiger charge is -2.10. The number of nitro benzene ring substituents is 1. The molecule has 0 atom stereocenters. The molecule has 136 valence electrons. The maximum atomic E-state index is 12.4. The minimum atomic E-state index is -3.03. The molecule has 0 N–H and O–H groups in total. The molecule has 0 aliphatic rings. The van der Waals surface area contributed by atoms with Gasteiger partial charge in [0.15, 0.2) is 17.3 Å². The number of nitro groups is 1. The zero-order valence-electron chi connectivity index (χ0n) is 13.3.